The number of hydrogen-bond donors (Lipinski definition) is 0. The van der Waals surface area contributed by atoms with Crippen molar-refractivity contribution in [1.82, 2.24) is 4.98 Å². The highest BCUT2D eigenvalue weighted by Gasteiger charge is 2.29. The number of thiazole rings is 1. The molecule has 102 valence electrons. The van der Waals surface area contributed by atoms with Crippen LogP contribution in [0.3, 0.4) is 0 Å². The molecule has 2 heterocycles. The maximum atomic E-state index is 11.9. The SMILES string of the molecule is CC1Oc2ccc(-c3csc(C=O)n3)cc2N(C)C1=O. The number of nitrogens with zero attached hydrogens (tertiary/aromatic N) is 2. The maximum absolute atomic E-state index is 11.9. The molecule has 2 aromatic rings. The van der Waals surface area contributed by atoms with Crippen LogP contribution in [0.2, 0.25) is 0 Å². The number of hydrogen-bond acceptors (Lipinski definition) is 5. The molecular weight excluding hydrogens is 276 g/mol. The zero-order chi connectivity index (χ0) is 14.3. The van der Waals surface area contributed by atoms with Gasteiger partial charge in [-0.3, -0.25) is 9.59 Å². The lowest BCUT2D eigenvalue weighted by molar-refractivity contribution is -0.125. The largest absolute Gasteiger partial charge is 0.479 e. The minimum absolute atomic E-state index is 0.0819. The summed E-state index contributed by atoms with van der Waals surface area (Å²) in [6.07, 6.45) is 0.256. The van der Waals surface area contributed by atoms with Gasteiger partial charge in [0, 0.05) is 18.0 Å². The van der Waals surface area contributed by atoms with Crippen LogP contribution in [0.1, 0.15) is 16.7 Å². The van der Waals surface area contributed by atoms with E-state index < -0.39 is 6.10 Å². The average Bonchev–Trinajstić information content (AvgIpc) is 2.93. The zero-order valence-electron chi connectivity index (χ0n) is 11.0. The van der Waals surface area contributed by atoms with Crippen LogP contribution in [0, 0.1) is 0 Å². The van der Waals surface area contributed by atoms with Gasteiger partial charge in [-0.15, -0.1) is 11.3 Å². The third-order valence-electron chi connectivity index (χ3n) is 3.22. The molecule has 1 atom stereocenters. The summed E-state index contributed by atoms with van der Waals surface area (Å²) >= 11 is 1.29. The van der Waals surface area contributed by atoms with Gasteiger partial charge in [-0.05, 0) is 25.1 Å². The van der Waals surface area contributed by atoms with Crippen LogP contribution in [0.5, 0.6) is 5.75 Å². The standard InChI is InChI=1S/C14H12N2O3S/c1-8-14(18)16(2)11-5-9(3-4-12(11)19-8)10-7-20-13(6-17)15-10/h3-8H,1-2H3. The minimum atomic E-state index is -0.473. The molecule has 1 aliphatic heterocycles. The van der Waals surface area contributed by atoms with Crippen molar-refractivity contribution in [1.29, 1.82) is 0 Å². The Balaban J connectivity index is 2.04. The number of rotatable bonds is 2. The second-order valence-electron chi connectivity index (χ2n) is 4.53. The second-order valence-corrected chi connectivity index (χ2v) is 5.42. The lowest BCUT2D eigenvalue weighted by Gasteiger charge is -2.30. The van der Waals surface area contributed by atoms with Crippen LogP contribution in [0.15, 0.2) is 23.6 Å². The number of aromatic nitrogens is 1. The van der Waals surface area contributed by atoms with Gasteiger partial charge in [0.2, 0.25) is 0 Å². The Hall–Kier alpha value is -2.21. The molecule has 0 bridgehead atoms. The molecular formula is C14H12N2O3S. The molecule has 1 aromatic carbocycles. The highest BCUT2D eigenvalue weighted by molar-refractivity contribution is 7.11. The highest BCUT2D eigenvalue weighted by atomic mass is 32.1. The quantitative estimate of drug-likeness (QED) is 0.796. The predicted molar refractivity (Wildman–Crippen MR) is 76.4 cm³/mol. The van der Waals surface area contributed by atoms with E-state index in [1.165, 1.54) is 11.3 Å². The summed E-state index contributed by atoms with van der Waals surface area (Å²) in [5, 5.41) is 2.26. The van der Waals surface area contributed by atoms with Crippen molar-refractivity contribution >= 4 is 29.2 Å². The first-order valence-corrected chi connectivity index (χ1v) is 6.97. The predicted octanol–water partition coefficient (Wildman–Crippen LogP) is 2.37. The Bertz CT molecular complexity index is 695. The molecule has 0 saturated carbocycles. The van der Waals surface area contributed by atoms with Crippen LogP contribution in [0.25, 0.3) is 11.3 Å². The molecule has 1 amide bonds. The molecule has 3 rings (SSSR count). The van der Waals surface area contributed by atoms with Crippen LogP contribution in [0.4, 0.5) is 5.69 Å². The van der Waals surface area contributed by atoms with E-state index >= 15 is 0 Å². The smallest absolute Gasteiger partial charge is 0.267 e. The molecule has 5 nitrogen and oxygen atoms in total. The molecule has 1 aromatic heterocycles. The van der Waals surface area contributed by atoms with Gasteiger partial charge in [0.15, 0.2) is 17.4 Å². The number of benzene rings is 1. The van der Waals surface area contributed by atoms with Gasteiger partial charge in [-0.1, -0.05) is 0 Å². The van der Waals surface area contributed by atoms with Crippen molar-refractivity contribution in [2.45, 2.75) is 13.0 Å². The van der Waals surface area contributed by atoms with Crippen LogP contribution >= 0.6 is 11.3 Å². The monoisotopic (exact) mass is 288 g/mol. The summed E-state index contributed by atoms with van der Waals surface area (Å²) in [5.74, 6) is 0.593. The number of anilines is 1. The molecule has 1 aliphatic rings. The van der Waals surface area contributed by atoms with Crippen LogP contribution < -0.4 is 9.64 Å². The first-order chi connectivity index (χ1) is 9.60. The first kappa shape index (κ1) is 12.8. The first-order valence-electron chi connectivity index (χ1n) is 6.09. The van der Waals surface area contributed by atoms with Crippen molar-refractivity contribution in [3.05, 3.63) is 28.6 Å². The van der Waals surface area contributed by atoms with Crippen molar-refractivity contribution in [2.24, 2.45) is 0 Å². The Labute approximate surface area is 119 Å². The van der Waals surface area contributed by atoms with Crippen LogP contribution in [-0.4, -0.2) is 30.3 Å². The zero-order valence-corrected chi connectivity index (χ0v) is 11.8. The second kappa shape index (κ2) is 4.72. The molecule has 20 heavy (non-hydrogen) atoms. The fourth-order valence-corrected chi connectivity index (χ4v) is 2.77. The van der Waals surface area contributed by atoms with E-state index in [-0.39, 0.29) is 5.91 Å². The molecule has 0 N–H and O–H groups in total. The van der Waals surface area contributed by atoms with E-state index in [1.807, 2.05) is 23.6 Å². The topological polar surface area (TPSA) is 59.5 Å². The lowest BCUT2D eigenvalue weighted by atomic mass is 10.1. The number of amides is 1. The summed E-state index contributed by atoms with van der Waals surface area (Å²) in [4.78, 5) is 28.4. The fraction of sp³-hybridized carbons (Fsp3) is 0.214. The minimum Gasteiger partial charge on any atom is -0.479 e. The number of likely N-dealkylation sites (N-methyl/N-ethyl adjacent to an activating group) is 1. The molecule has 0 saturated heterocycles. The van der Waals surface area contributed by atoms with E-state index in [1.54, 1.807) is 18.9 Å². The summed E-state index contributed by atoms with van der Waals surface area (Å²) in [5.41, 5.74) is 2.29. The molecule has 1 unspecified atom stereocenters. The number of aldehydes is 1. The van der Waals surface area contributed by atoms with E-state index in [0.717, 1.165) is 17.5 Å². The Morgan fingerprint density at radius 3 is 2.95 bits per heavy atom. The summed E-state index contributed by atoms with van der Waals surface area (Å²) < 4.78 is 5.57. The van der Waals surface area contributed by atoms with Gasteiger partial charge >= 0.3 is 0 Å². The average molecular weight is 288 g/mol. The summed E-state index contributed by atoms with van der Waals surface area (Å²) in [7, 11) is 1.72. The number of fused-ring (bicyclic) bond motifs is 1. The van der Waals surface area contributed by atoms with Gasteiger partial charge in [0.25, 0.3) is 5.91 Å². The summed E-state index contributed by atoms with van der Waals surface area (Å²) in [6, 6.07) is 5.55. The third-order valence-corrected chi connectivity index (χ3v) is 3.99. The van der Waals surface area contributed by atoms with E-state index in [9.17, 15) is 9.59 Å². The lowest BCUT2D eigenvalue weighted by Crippen LogP contribution is -2.41. The number of carbonyl (C=O) groups is 2. The van der Waals surface area contributed by atoms with Crippen molar-refractivity contribution in [2.75, 3.05) is 11.9 Å². The molecule has 0 aliphatic carbocycles. The van der Waals surface area contributed by atoms with E-state index in [2.05, 4.69) is 4.98 Å². The van der Waals surface area contributed by atoms with E-state index in [0.29, 0.717) is 16.4 Å². The third kappa shape index (κ3) is 1.98. The van der Waals surface area contributed by atoms with Crippen molar-refractivity contribution in [3.8, 4) is 17.0 Å². The number of ether oxygens (including phenoxy) is 1. The van der Waals surface area contributed by atoms with Gasteiger partial charge in [-0.25, -0.2) is 4.98 Å². The highest BCUT2D eigenvalue weighted by Crippen LogP contribution is 2.36. The summed E-state index contributed by atoms with van der Waals surface area (Å²) in [6.45, 7) is 1.73. The molecule has 0 spiro atoms. The van der Waals surface area contributed by atoms with Crippen molar-refractivity contribution < 1.29 is 14.3 Å². The van der Waals surface area contributed by atoms with Gasteiger partial charge < -0.3 is 9.64 Å². The Kier molecular flexibility index (Phi) is 3.02. The Morgan fingerprint density at radius 2 is 2.25 bits per heavy atom. The van der Waals surface area contributed by atoms with Crippen LogP contribution in [-0.2, 0) is 4.79 Å². The fourth-order valence-electron chi connectivity index (χ4n) is 2.15. The molecule has 6 heteroatoms. The maximum Gasteiger partial charge on any atom is 0.267 e. The normalized spacial score (nSPS) is 17.6. The van der Waals surface area contributed by atoms with E-state index in [4.69, 9.17) is 4.74 Å². The molecule has 0 radical (unpaired) electrons. The van der Waals surface area contributed by atoms with Crippen molar-refractivity contribution in [3.63, 3.8) is 0 Å². The molecule has 0 fully saturated rings. The number of carbonyl (C=O) groups excluding carboxylic acids is 2. The Morgan fingerprint density at radius 1 is 1.45 bits per heavy atom. The van der Waals surface area contributed by atoms with Gasteiger partial charge in [-0.2, -0.15) is 0 Å². The van der Waals surface area contributed by atoms with Gasteiger partial charge in [0.05, 0.1) is 11.4 Å². The van der Waals surface area contributed by atoms with Gasteiger partial charge in [0.1, 0.15) is 5.75 Å².